The maximum atomic E-state index is 12.1. The Morgan fingerprint density at radius 1 is 1.32 bits per heavy atom. The summed E-state index contributed by atoms with van der Waals surface area (Å²) in [6.07, 6.45) is 4.13. The number of carbonyl (C=O) groups excluding carboxylic acids is 1. The molecule has 1 amide bonds. The predicted octanol–water partition coefficient (Wildman–Crippen LogP) is 2.01. The number of nitrogens with one attached hydrogen (secondary N) is 1. The molecule has 25 heavy (non-hydrogen) atoms. The van der Waals surface area contributed by atoms with Gasteiger partial charge >= 0.3 is 6.01 Å². The van der Waals surface area contributed by atoms with Crippen LogP contribution >= 0.6 is 0 Å². The fourth-order valence-electron chi connectivity index (χ4n) is 3.30. The first kappa shape index (κ1) is 17.4. The molecule has 0 bridgehead atoms. The van der Waals surface area contributed by atoms with E-state index in [1.165, 1.54) is 37.1 Å². The van der Waals surface area contributed by atoms with Crippen molar-refractivity contribution in [2.24, 2.45) is 0 Å². The highest BCUT2D eigenvalue weighted by Crippen LogP contribution is 2.28. The van der Waals surface area contributed by atoms with Crippen LogP contribution in [-0.2, 0) is 0 Å². The van der Waals surface area contributed by atoms with E-state index < -0.39 is 0 Å². The second kappa shape index (κ2) is 8.07. The Labute approximate surface area is 148 Å². The summed E-state index contributed by atoms with van der Waals surface area (Å²) in [5.41, 5.74) is 3.26. The van der Waals surface area contributed by atoms with Gasteiger partial charge in [0.15, 0.2) is 0 Å². The molecule has 1 aromatic carbocycles. The molecule has 1 aliphatic rings. The number of amides is 1. The second-order valence-corrected chi connectivity index (χ2v) is 6.36. The van der Waals surface area contributed by atoms with Crippen LogP contribution in [0.3, 0.4) is 0 Å². The van der Waals surface area contributed by atoms with Crippen LogP contribution in [0.5, 0.6) is 6.01 Å². The molecule has 0 unspecified atom stereocenters. The van der Waals surface area contributed by atoms with E-state index in [4.69, 9.17) is 4.74 Å². The second-order valence-electron chi connectivity index (χ2n) is 6.36. The smallest absolute Gasteiger partial charge is 0.316 e. The lowest BCUT2D eigenvalue weighted by atomic mass is 9.94. The van der Waals surface area contributed by atoms with Crippen LogP contribution in [0.4, 0.5) is 0 Å². The lowest BCUT2D eigenvalue weighted by molar-refractivity contribution is 0.0949. The fourth-order valence-corrected chi connectivity index (χ4v) is 3.30. The zero-order valence-corrected chi connectivity index (χ0v) is 14.7. The van der Waals surface area contributed by atoms with E-state index in [1.807, 2.05) is 0 Å². The van der Waals surface area contributed by atoms with E-state index in [2.05, 4.69) is 51.4 Å². The summed E-state index contributed by atoms with van der Waals surface area (Å²) in [5.74, 6) is 0.434. The highest BCUT2D eigenvalue weighted by Gasteiger charge is 2.24. The van der Waals surface area contributed by atoms with Crippen LogP contribution in [0.1, 0.15) is 33.8 Å². The molecule has 1 aromatic heterocycles. The first-order valence-corrected chi connectivity index (χ1v) is 8.59. The maximum Gasteiger partial charge on any atom is 0.316 e. The minimum absolute atomic E-state index is 0.155. The zero-order valence-electron chi connectivity index (χ0n) is 14.7. The maximum absolute atomic E-state index is 12.1. The van der Waals surface area contributed by atoms with E-state index in [0.717, 1.165) is 19.6 Å². The Balaban J connectivity index is 1.45. The van der Waals surface area contributed by atoms with Gasteiger partial charge in [0.05, 0.1) is 12.7 Å². The molecule has 6 heteroatoms. The van der Waals surface area contributed by atoms with Crippen LogP contribution in [0.15, 0.2) is 36.7 Å². The Bertz CT molecular complexity index is 718. The van der Waals surface area contributed by atoms with Gasteiger partial charge in [-0.15, -0.1) is 0 Å². The van der Waals surface area contributed by atoms with Gasteiger partial charge in [-0.1, -0.05) is 24.3 Å². The molecule has 0 spiro atoms. The minimum atomic E-state index is -0.155. The van der Waals surface area contributed by atoms with Gasteiger partial charge in [-0.3, -0.25) is 4.79 Å². The van der Waals surface area contributed by atoms with Crippen molar-refractivity contribution in [3.63, 3.8) is 0 Å². The van der Waals surface area contributed by atoms with Crippen molar-refractivity contribution in [1.82, 2.24) is 20.2 Å². The third-order valence-electron chi connectivity index (χ3n) is 4.69. The summed E-state index contributed by atoms with van der Waals surface area (Å²) in [6, 6.07) is 8.87. The SMILES string of the molecule is COc1ncc(C(=O)NCCN2CC[C@H](c3ccccc3C)C2)cn1. The standard InChI is InChI=1S/C19H24N4O2/c1-14-5-3-4-6-17(14)15-7-9-23(13-15)10-8-20-18(24)16-11-21-19(25-2)22-12-16/h3-6,11-12,15H,7-10,13H2,1-2H3,(H,20,24)/t15-/m0/s1. The van der Waals surface area contributed by atoms with Gasteiger partial charge < -0.3 is 15.0 Å². The van der Waals surface area contributed by atoms with E-state index in [1.54, 1.807) is 0 Å². The monoisotopic (exact) mass is 340 g/mol. The van der Waals surface area contributed by atoms with Gasteiger partial charge in [0, 0.05) is 32.0 Å². The van der Waals surface area contributed by atoms with Gasteiger partial charge in [0.25, 0.3) is 5.91 Å². The number of methoxy groups -OCH3 is 1. The van der Waals surface area contributed by atoms with Crippen LogP contribution in [0, 0.1) is 6.92 Å². The summed E-state index contributed by atoms with van der Waals surface area (Å²) in [4.78, 5) is 22.4. The van der Waals surface area contributed by atoms with Gasteiger partial charge in [-0.05, 0) is 36.9 Å². The number of hydrogen-bond donors (Lipinski definition) is 1. The molecule has 0 radical (unpaired) electrons. The highest BCUT2D eigenvalue weighted by molar-refractivity contribution is 5.93. The average molecular weight is 340 g/mol. The predicted molar refractivity (Wildman–Crippen MR) is 95.9 cm³/mol. The Morgan fingerprint density at radius 2 is 2.08 bits per heavy atom. The molecule has 1 atom stereocenters. The summed E-state index contributed by atoms with van der Waals surface area (Å²) in [7, 11) is 1.50. The first-order valence-electron chi connectivity index (χ1n) is 8.59. The third-order valence-corrected chi connectivity index (χ3v) is 4.69. The van der Waals surface area contributed by atoms with Crippen molar-refractivity contribution in [2.75, 3.05) is 33.3 Å². The number of carbonyl (C=O) groups is 1. The van der Waals surface area contributed by atoms with E-state index in [-0.39, 0.29) is 11.9 Å². The number of aromatic nitrogens is 2. The van der Waals surface area contributed by atoms with Crippen LogP contribution < -0.4 is 10.1 Å². The minimum Gasteiger partial charge on any atom is -0.467 e. The van der Waals surface area contributed by atoms with Crippen LogP contribution in [-0.4, -0.2) is 54.1 Å². The molecule has 132 valence electrons. The Kier molecular flexibility index (Phi) is 5.60. The van der Waals surface area contributed by atoms with Crippen molar-refractivity contribution in [3.8, 4) is 6.01 Å². The van der Waals surface area contributed by atoms with Gasteiger partial charge in [-0.25, -0.2) is 9.97 Å². The van der Waals surface area contributed by atoms with Gasteiger partial charge in [0.1, 0.15) is 0 Å². The molecule has 1 fully saturated rings. The van der Waals surface area contributed by atoms with E-state index >= 15 is 0 Å². The average Bonchev–Trinajstić information content (AvgIpc) is 3.10. The van der Waals surface area contributed by atoms with Gasteiger partial charge in [-0.2, -0.15) is 0 Å². The Hall–Kier alpha value is -2.47. The summed E-state index contributed by atoms with van der Waals surface area (Å²) >= 11 is 0. The quantitative estimate of drug-likeness (QED) is 0.871. The van der Waals surface area contributed by atoms with Crippen LogP contribution in [0.2, 0.25) is 0 Å². The van der Waals surface area contributed by atoms with E-state index in [0.29, 0.717) is 18.0 Å². The van der Waals surface area contributed by atoms with Crippen molar-refractivity contribution in [1.29, 1.82) is 0 Å². The molecule has 1 N–H and O–H groups in total. The van der Waals surface area contributed by atoms with Crippen LogP contribution in [0.25, 0.3) is 0 Å². The lowest BCUT2D eigenvalue weighted by Crippen LogP contribution is -2.33. The zero-order chi connectivity index (χ0) is 17.6. The number of nitrogens with zero attached hydrogens (tertiary/aromatic N) is 3. The first-order chi connectivity index (χ1) is 12.2. The fraction of sp³-hybridized carbons (Fsp3) is 0.421. The number of aryl methyl sites for hydroxylation is 1. The molecular weight excluding hydrogens is 316 g/mol. The van der Waals surface area contributed by atoms with Crippen molar-refractivity contribution in [2.45, 2.75) is 19.3 Å². The highest BCUT2D eigenvalue weighted by atomic mass is 16.5. The number of rotatable bonds is 6. The summed E-state index contributed by atoms with van der Waals surface area (Å²) < 4.78 is 4.89. The topological polar surface area (TPSA) is 67.3 Å². The molecule has 0 aliphatic carbocycles. The van der Waals surface area contributed by atoms with E-state index in [9.17, 15) is 4.79 Å². The molecule has 1 saturated heterocycles. The van der Waals surface area contributed by atoms with Gasteiger partial charge in [0.2, 0.25) is 0 Å². The van der Waals surface area contributed by atoms with Crippen molar-refractivity contribution < 1.29 is 9.53 Å². The molecule has 0 saturated carbocycles. The number of benzene rings is 1. The van der Waals surface area contributed by atoms with Crippen molar-refractivity contribution >= 4 is 5.91 Å². The Morgan fingerprint density at radius 3 is 2.80 bits per heavy atom. The largest absolute Gasteiger partial charge is 0.467 e. The normalized spacial score (nSPS) is 17.4. The number of ether oxygens (including phenoxy) is 1. The summed E-state index contributed by atoms with van der Waals surface area (Å²) in [6.45, 7) is 5.76. The molecule has 1 aliphatic heterocycles. The van der Waals surface area contributed by atoms with Crippen molar-refractivity contribution in [3.05, 3.63) is 53.3 Å². The molecule has 2 aromatic rings. The summed E-state index contributed by atoms with van der Waals surface area (Å²) in [5, 5.41) is 2.93. The molecular formula is C19H24N4O2. The lowest BCUT2D eigenvalue weighted by Gasteiger charge is -2.17. The third kappa shape index (κ3) is 4.33. The molecule has 2 heterocycles. The number of likely N-dealkylation sites (tertiary alicyclic amines) is 1. The molecule has 6 nitrogen and oxygen atoms in total. The number of hydrogen-bond acceptors (Lipinski definition) is 5. The molecule has 3 rings (SSSR count).